The fourth-order valence-corrected chi connectivity index (χ4v) is 1.73. The lowest BCUT2D eigenvalue weighted by molar-refractivity contribution is 1.11. The van der Waals surface area contributed by atoms with Crippen LogP contribution >= 0.6 is 0 Å². The summed E-state index contributed by atoms with van der Waals surface area (Å²) in [5.41, 5.74) is 0. The van der Waals surface area contributed by atoms with E-state index in [9.17, 15) is 0 Å². The molecule has 2 heteroatoms. The Morgan fingerprint density at radius 1 is 0.700 bits per heavy atom. The van der Waals surface area contributed by atoms with Crippen molar-refractivity contribution >= 4 is 6.15 Å². The maximum atomic E-state index is 2.33. The molecule has 0 heterocycles. The maximum Gasteiger partial charge on any atom is -0.000543 e. The first-order valence-electron chi connectivity index (χ1n) is 4.46. The molecule has 0 unspecified atom stereocenters. The maximum absolute atomic E-state index is 2.33. The lowest BCUT2D eigenvalue weighted by atomic mass is 9.19. The van der Waals surface area contributed by atoms with Crippen LogP contribution in [0.3, 0.4) is 0 Å². The predicted molar refractivity (Wildman–Crippen MR) is 53.7 cm³/mol. The molecule has 10 heavy (non-hydrogen) atoms. The molecule has 0 aliphatic rings. The Morgan fingerprint density at radius 3 is 0.900 bits per heavy atom. The standard InChI is InChI=1S/C8H20B.H3N/c1-5-9(6-2,7-3)8-4;/h5-8H2,1-4H3;1H3/q-1;/p+1. The molecule has 0 bridgehead atoms. The minimum Gasteiger partial charge on any atom is -0.369 e. The summed E-state index contributed by atoms with van der Waals surface area (Å²) in [6, 6.07) is 0. The molecule has 0 saturated carbocycles. The van der Waals surface area contributed by atoms with Crippen molar-refractivity contribution in [1.29, 1.82) is 0 Å². The smallest absolute Gasteiger partial charge is 0.000543 e. The summed E-state index contributed by atoms with van der Waals surface area (Å²) < 4.78 is 0. The van der Waals surface area contributed by atoms with Gasteiger partial charge in [0.15, 0.2) is 0 Å². The third-order valence-electron chi connectivity index (χ3n) is 3.46. The van der Waals surface area contributed by atoms with Crippen LogP contribution in [0, 0.1) is 0 Å². The molecule has 4 N–H and O–H groups in total. The zero-order chi connectivity index (χ0) is 7.33. The molecule has 0 aliphatic carbocycles. The molecular formula is C8H24BN. The molecular weight excluding hydrogens is 121 g/mol. The van der Waals surface area contributed by atoms with Gasteiger partial charge in [-0.15, -0.1) is 0 Å². The van der Waals surface area contributed by atoms with Crippen molar-refractivity contribution in [3.8, 4) is 0 Å². The normalized spacial score (nSPS) is 10.8. The summed E-state index contributed by atoms with van der Waals surface area (Å²) in [4.78, 5) is 0. The minimum atomic E-state index is 0. The van der Waals surface area contributed by atoms with Crippen LogP contribution < -0.4 is 6.15 Å². The fraction of sp³-hybridized carbons (Fsp3) is 1.00. The van der Waals surface area contributed by atoms with E-state index < -0.39 is 0 Å². The molecule has 0 aromatic rings. The summed E-state index contributed by atoms with van der Waals surface area (Å²) in [5.74, 6) is 0. The summed E-state index contributed by atoms with van der Waals surface area (Å²) in [5, 5.41) is 0. The van der Waals surface area contributed by atoms with Gasteiger partial charge >= 0.3 is 0 Å². The molecule has 0 aromatic carbocycles. The van der Waals surface area contributed by atoms with E-state index in [2.05, 4.69) is 27.7 Å². The average Bonchev–Trinajstić information content (AvgIpc) is 1.95. The van der Waals surface area contributed by atoms with Crippen LogP contribution in [-0.2, 0) is 0 Å². The summed E-state index contributed by atoms with van der Waals surface area (Å²) in [6.07, 6.45) is 5.68. The first kappa shape index (κ1) is 12.7. The molecule has 1 nitrogen and oxygen atoms in total. The lowest BCUT2D eigenvalue weighted by Crippen LogP contribution is -2.29. The van der Waals surface area contributed by atoms with Crippen LogP contribution in [0.2, 0.25) is 25.3 Å². The van der Waals surface area contributed by atoms with Gasteiger partial charge in [-0.05, 0) is 6.15 Å². The van der Waals surface area contributed by atoms with Gasteiger partial charge in [-0.3, -0.25) is 0 Å². The van der Waals surface area contributed by atoms with Crippen molar-refractivity contribution < 1.29 is 0 Å². The van der Waals surface area contributed by atoms with Crippen LogP contribution in [0.1, 0.15) is 27.7 Å². The van der Waals surface area contributed by atoms with Crippen molar-refractivity contribution in [3.63, 3.8) is 0 Å². The topological polar surface area (TPSA) is 36.5 Å². The Kier molecular flexibility index (Phi) is 7.33. The summed E-state index contributed by atoms with van der Waals surface area (Å²) >= 11 is 0. The number of hydrogen-bond acceptors (Lipinski definition) is 0. The summed E-state index contributed by atoms with van der Waals surface area (Å²) in [6.45, 7) is 9.32. The van der Waals surface area contributed by atoms with Gasteiger partial charge in [0.25, 0.3) is 0 Å². The number of rotatable bonds is 4. The van der Waals surface area contributed by atoms with E-state index in [1.165, 1.54) is 25.3 Å². The molecule has 0 spiro atoms. The molecule has 0 amide bonds. The van der Waals surface area contributed by atoms with Gasteiger partial charge in [-0.25, -0.2) is 0 Å². The molecule has 0 radical (unpaired) electrons. The fourth-order valence-electron chi connectivity index (χ4n) is 1.73. The van der Waals surface area contributed by atoms with Crippen molar-refractivity contribution in [2.75, 3.05) is 0 Å². The van der Waals surface area contributed by atoms with Gasteiger partial charge in [0.1, 0.15) is 0 Å². The predicted octanol–water partition coefficient (Wildman–Crippen LogP) is 3.89. The van der Waals surface area contributed by atoms with Gasteiger partial charge in [0.2, 0.25) is 0 Å². The molecule has 0 atom stereocenters. The third-order valence-corrected chi connectivity index (χ3v) is 3.46. The van der Waals surface area contributed by atoms with E-state index in [0.29, 0.717) is 0 Å². The second-order valence-corrected chi connectivity index (χ2v) is 3.37. The largest absolute Gasteiger partial charge is 0.369 e. The highest BCUT2D eigenvalue weighted by Crippen LogP contribution is 2.23. The third kappa shape index (κ3) is 2.74. The second kappa shape index (κ2) is 5.78. The molecule has 0 saturated heterocycles. The van der Waals surface area contributed by atoms with E-state index in [1.807, 2.05) is 0 Å². The van der Waals surface area contributed by atoms with Gasteiger partial charge in [-0.2, -0.15) is 25.3 Å². The zero-order valence-corrected chi connectivity index (χ0v) is 8.41. The SMILES string of the molecule is CC[B-](CC)(CC)CC.[NH4+]. The van der Waals surface area contributed by atoms with Gasteiger partial charge in [0, 0.05) is 0 Å². The first-order valence-corrected chi connectivity index (χ1v) is 4.46. The van der Waals surface area contributed by atoms with Crippen LogP contribution in [-0.4, -0.2) is 6.15 Å². The minimum absolute atomic E-state index is 0. The molecule has 64 valence electrons. The Hall–Kier alpha value is 0.0249. The van der Waals surface area contributed by atoms with Gasteiger partial charge in [-0.1, -0.05) is 27.7 Å². The highest BCUT2D eigenvalue weighted by Gasteiger charge is 2.14. The van der Waals surface area contributed by atoms with E-state index >= 15 is 0 Å². The number of hydrogen-bond donors (Lipinski definition) is 1. The van der Waals surface area contributed by atoms with Crippen molar-refractivity contribution in [2.24, 2.45) is 0 Å². The Labute approximate surface area is 66.1 Å². The highest BCUT2D eigenvalue weighted by molar-refractivity contribution is 6.79. The lowest BCUT2D eigenvalue weighted by Gasteiger charge is -2.34. The zero-order valence-electron chi connectivity index (χ0n) is 8.41. The average molecular weight is 145 g/mol. The second-order valence-electron chi connectivity index (χ2n) is 3.37. The first-order chi connectivity index (χ1) is 4.24. The van der Waals surface area contributed by atoms with Crippen LogP contribution in [0.4, 0.5) is 0 Å². The molecule has 0 aliphatic heterocycles. The number of quaternary nitrogens is 1. The van der Waals surface area contributed by atoms with E-state index in [-0.39, 0.29) is 12.3 Å². The van der Waals surface area contributed by atoms with Crippen molar-refractivity contribution in [2.45, 2.75) is 53.0 Å². The molecule has 0 rings (SSSR count). The van der Waals surface area contributed by atoms with Crippen LogP contribution in [0.25, 0.3) is 0 Å². The van der Waals surface area contributed by atoms with E-state index in [0.717, 1.165) is 0 Å². The highest BCUT2D eigenvalue weighted by atomic mass is 14.0. The monoisotopic (exact) mass is 145 g/mol. The molecule has 0 aromatic heterocycles. The Morgan fingerprint density at radius 2 is 0.900 bits per heavy atom. The molecule has 0 fully saturated rings. The van der Waals surface area contributed by atoms with Crippen molar-refractivity contribution in [3.05, 3.63) is 0 Å². The van der Waals surface area contributed by atoms with Crippen LogP contribution in [0.5, 0.6) is 0 Å². The van der Waals surface area contributed by atoms with Crippen molar-refractivity contribution in [1.82, 2.24) is 6.15 Å². The van der Waals surface area contributed by atoms with Gasteiger partial charge in [0.05, 0.1) is 0 Å². The van der Waals surface area contributed by atoms with E-state index in [4.69, 9.17) is 0 Å². The summed E-state index contributed by atoms with van der Waals surface area (Å²) in [7, 11) is 0. The Balaban J connectivity index is 0. The van der Waals surface area contributed by atoms with E-state index in [1.54, 1.807) is 0 Å². The quantitative estimate of drug-likeness (QED) is 0.582. The van der Waals surface area contributed by atoms with Gasteiger partial charge < -0.3 is 6.15 Å². The van der Waals surface area contributed by atoms with Crippen LogP contribution in [0.15, 0.2) is 0 Å². The Bertz CT molecular complexity index is 52.1.